The molecule has 0 aliphatic carbocycles. The maximum atomic E-state index is 5.29. The van der Waals surface area contributed by atoms with E-state index in [1.165, 1.54) is 18.4 Å². The number of nitrogens with one attached hydrogen (secondary N) is 1. The second kappa shape index (κ2) is 8.69. The van der Waals surface area contributed by atoms with Crippen molar-refractivity contribution >= 4 is 5.82 Å². The third-order valence-corrected chi connectivity index (χ3v) is 5.74. The second-order valence-electron chi connectivity index (χ2n) is 7.78. The minimum absolute atomic E-state index is 0.649. The van der Waals surface area contributed by atoms with E-state index in [2.05, 4.69) is 42.5 Å². The third-order valence-electron chi connectivity index (χ3n) is 5.74. The molecule has 1 aliphatic heterocycles. The molecule has 1 fully saturated rings. The molecule has 3 aromatic heterocycles. The van der Waals surface area contributed by atoms with Crippen molar-refractivity contribution in [1.29, 1.82) is 0 Å². The van der Waals surface area contributed by atoms with Crippen molar-refractivity contribution in [2.75, 3.05) is 25.5 Å². The zero-order valence-electron chi connectivity index (χ0n) is 17.4. The number of anilines is 1. The Morgan fingerprint density at radius 1 is 1.17 bits per heavy atom. The van der Waals surface area contributed by atoms with Crippen molar-refractivity contribution < 1.29 is 4.52 Å². The molecule has 0 amide bonds. The van der Waals surface area contributed by atoms with Crippen LogP contribution in [-0.2, 0) is 13.0 Å². The van der Waals surface area contributed by atoms with Crippen molar-refractivity contribution in [3.05, 3.63) is 53.4 Å². The third kappa shape index (κ3) is 4.45. The summed E-state index contributed by atoms with van der Waals surface area (Å²) in [5.41, 5.74) is 5.11. The summed E-state index contributed by atoms with van der Waals surface area (Å²) in [4.78, 5) is 15.9. The van der Waals surface area contributed by atoms with Gasteiger partial charge in [-0.3, -0.25) is 4.90 Å². The van der Waals surface area contributed by atoms with Gasteiger partial charge in [-0.25, -0.2) is 15.0 Å². The molecule has 3 aromatic rings. The average molecular weight is 393 g/mol. The van der Waals surface area contributed by atoms with Crippen LogP contribution in [0.15, 0.2) is 35.2 Å². The van der Waals surface area contributed by atoms with Gasteiger partial charge in [0.2, 0.25) is 0 Å². The predicted molar refractivity (Wildman–Crippen MR) is 112 cm³/mol. The molecule has 7 heteroatoms. The largest absolute Gasteiger partial charge is 0.373 e. The monoisotopic (exact) mass is 392 g/mol. The van der Waals surface area contributed by atoms with Crippen LogP contribution in [0.4, 0.5) is 5.82 Å². The number of rotatable bonds is 6. The highest BCUT2D eigenvalue weighted by Crippen LogP contribution is 2.27. The minimum atomic E-state index is 0.649. The van der Waals surface area contributed by atoms with Crippen LogP contribution in [0.25, 0.3) is 11.3 Å². The number of piperidine rings is 1. The molecule has 1 N–H and O–H groups in total. The molecule has 29 heavy (non-hydrogen) atoms. The van der Waals surface area contributed by atoms with Crippen LogP contribution in [0, 0.1) is 19.8 Å². The van der Waals surface area contributed by atoms with Crippen molar-refractivity contribution in [1.82, 2.24) is 25.0 Å². The number of aromatic nitrogens is 4. The normalized spacial score (nSPS) is 15.6. The van der Waals surface area contributed by atoms with Gasteiger partial charge < -0.3 is 9.84 Å². The summed E-state index contributed by atoms with van der Waals surface area (Å²) in [5.74, 6) is 2.43. The molecule has 0 aromatic carbocycles. The Hall–Kier alpha value is -2.80. The summed E-state index contributed by atoms with van der Waals surface area (Å²) < 4.78 is 5.29. The zero-order chi connectivity index (χ0) is 20.2. The quantitative estimate of drug-likeness (QED) is 0.686. The zero-order valence-corrected chi connectivity index (χ0v) is 17.4. The molecular formula is C22H28N6O. The first-order chi connectivity index (χ1) is 14.1. The predicted octanol–water partition coefficient (Wildman–Crippen LogP) is 3.64. The average Bonchev–Trinajstić information content (AvgIpc) is 3.08. The fraction of sp³-hybridized carbons (Fsp3) is 0.455. The molecule has 4 rings (SSSR count). The minimum Gasteiger partial charge on any atom is -0.373 e. The molecule has 0 unspecified atom stereocenters. The van der Waals surface area contributed by atoms with E-state index in [0.717, 1.165) is 60.3 Å². The summed E-state index contributed by atoms with van der Waals surface area (Å²) in [6, 6.07) is 6.25. The van der Waals surface area contributed by atoms with E-state index in [-0.39, 0.29) is 0 Å². The lowest BCUT2D eigenvalue weighted by Crippen LogP contribution is -2.34. The molecule has 7 nitrogen and oxygen atoms in total. The number of likely N-dealkylation sites (tertiary alicyclic amines) is 1. The first-order valence-electron chi connectivity index (χ1n) is 10.2. The number of aryl methyl sites for hydroxylation is 2. The van der Waals surface area contributed by atoms with Gasteiger partial charge in [0.1, 0.15) is 17.9 Å². The van der Waals surface area contributed by atoms with Gasteiger partial charge in [0, 0.05) is 31.0 Å². The molecule has 0 atom stereocenters. The van der Waals surface area contributed by atoms with Gasteiger partial charge in [-0.1, -0.05) is 11.2 Å². The lowest BCUT2D eigenvalue weighted by Gasteiger charge is -2.32. The van der Waals surface area contributed by atoms with Gasteiger partial charge in [-0.2, -0.15) is 0 Å². The van der Waals surface area contributed by atoms with Gasteiger partial charge in [0.05, 0.1) is 17.0 Å². The van der Waals surface area contributed by atoms with Gasteiger partial charge in [-0.15, -0.1) is 0 Å². The standard InChI is InChI=1S/C22H28N6O/c1-15-21(16(2)29-27-15)20-12-19(25-14-26-20)11-17-6-9-28(10-7-17)13-18-5-4-8-24-22(18)23-3/h4-5,8,12,14,17H,6-7,9-11,13H2,1-3H3,(H,23,24). The first kappa shape index (κ1) is 19.5. The summed E-state index contributed by atoms with van der Waals surface area (Å²) in [6.07, 6.45) is 6.84. The fourth-order valence-corrected chi connectivity index (χ4v) is 4.17. The van der Waals surface area contributed by atoms with Crippen LogP contribution in [0.3, 0.4) is 0 Å². The van der Waals surface area contributed by atoms with E-state index >= 15 is 0 Å². The maximum Gasteiger partial charge on any atom is 0.143 e. The highest BCUT2D eigenvalue weighted by molar-refractivity contribution is 5.63. The molecule has 4 heterocycles. The van der Waals surface area contributed by atoms with E-state index in [9.17, 15) is 0 Å². The summed E-state index contributed by atoms with van der Waals surface area (Å²) in [7, 11) is 1.93. The fourth-order valence-electron chi connectivity index (χ4n) is 4.17. The van der Waals surface area contributed by atoms with Crippen LogP contribution >= 0.6 is 0 Å². The maximum absolute atomic E-state index is 5.29. The molecule has 1 saturated heterocycles. The highest BCUT2D eigenvalue weighted by Gasteiger charge is 2.21. The number of hydrogen-bond acceptors (Lipinski definition) is 7. The summed E-state index contributed by atoms with van der Waals surface area (Å²) in [5, 5.41) is 7.23. The van der Waals surface area contributed by atoms with Gasteiger partial charge in [0.25, 0.3) is 0 Å². The Kier molecular flexibility index (Phi) is 5.85. The van der Waals surface area contributed by atoms with Crippen molar-refractivity contribution in [2.45, 2.75) is 39.7 Å². The topological polar surface area (TPSA) is 80.0 Å². The van der Waals surface area contributed by atoms with Crippen LogP contribution in [-0.4, -0.2) is 45.1 Å². The molecule has 0 radical (unpaired) electrons. The number of pyridine rings is 1. The molecule has 0 saturated carbocycles. The lowest BCUT2D eigenvalue weighted by molar-refractivity contribution is 0.176. The SMILES string of the molecule is CNc1ncccc1CN1CCC(Cc2cc(-c3c(C)noc3C)ncn2)CC1. The highest BCUT2D eigenvalue weighted by atomic mass is 16.5. The lowest BCUT2D eigenvalue weighted by atomic mass is 9.91. The van der Waals surface area contributed by atoms with E-state index in [1.54, 1.807) is 6.33 Å². The van der Waals surface area contributed by atoms with Crippen molar-refractivity contribution in [3.8, 4) is 11.3 Å². The Morgan fingerprint density at radius 3 is 2.72 bits per heavy atom. The summed E-state index contributed by atoms with van der Waals surface area (Å²) >= 11 is 0. The Labute approximate surface area is 171 Å². The molecule has 0 bridgehead atoms. The van der Waals surface area contributed by atoms with Gasteiger partial charge in [-0.05, 0) is 64.3 Å². The van der Waals surface area contributed by atoms with Crippen LogP contribution in [0.5, 0.6) is 0 Å². The van der Waals surface area contributed by atoms with Gasteiger partial charge in [0.15, 0.2) is 0 Å². The summed E-state index contributed by atoms with van der Waals surface area (Å²) in [6.45, 7) is 7.02. The second-order valence-corrected chi connectivity index (χ2v) is 7.78. The van der Waals surface area contributed by atoms with E-state index < -0.39 is 0 Å². The van der Waals surface area contributed by atoms with E-state index in [0.29, 0.717) is 5.92 Å². The van der Waals surface area contributed by atoms with E-state index in [4.69, 9.17) is 4.52 Å². The number of hydrogen-bond donors (Lipinski definition) is 1. The van der Waals surface area contributed by atoms with Crippen LogP contribution in [0.1, 0.15) is 35.6 Å². The molecule has 152 valence electrons. The van der Waals surface area contributed by atoms with Crippen molar-refractivity contribution in [2.24, 2.45) is 5.92 Å². The first-order valence-corrected chi connectivity index (χ1v) is 10.2. The van der Waals surface area contributed by atoms with Crippen LogP contribution in [0.2, 0.25) is 0 Å². The number of nitrogens with zero attached hydrogens (tertiary/aromatic N) is 5. The Balaban J connectivity index is 1.36. The Bertz CT molecular complexity index is 942. The molecule has 1 aliphatic rings. The smallest absolute Gasteiger partial charge is 0.143 e. The van der Waals surface area contributed by atoms with Crippen molar-refractivity contribution in [3.63, 3.8) is 0 Å². The van der Waals surface area contributed by atoms with E-state index in [1.807, 2.05) is 33.2 Å². The van der Waals surface area contributed by atoms with Gasteiger partial charge >= 0.3 is 0 Å². The van der Waals surface area contributed by atoms with Crippen LogP contribution < -0.4 is 5.32 Å². The Morgan fingerprint density at radius 2 is 2.00 bits per heavy atom. The molecular weight excluding hydrogens is 364 g/mol. The molecule has 0 spiro atoms.